The molecule has 0 atom stereocenters. The van der Waals surface area contributed by atoms with Crippen LogP contribution in [0.3, 0.4) is 0 Å². The normalized spacial score (nSPS) is 10.4. The molecule has 0 saturated heterocycles. The summed E-state index contributed by atoms with van der Waals surface area (Å²) in [5.41, 5.74) is 3.33. The molecule has 6 N–H and O–H groups in total. The summed E-state index contributed by atoms with van der Waals surface area (Å²) in [6, 6.07) is 0. The SMILES string of the molecule is NNO[PH](=O)ONN. The van der Waals surface area contributed by atoms with E-state index >= 15 is 0 Å². The molecule has 8 heteroatoms. The Labute approximate surface area is 46.1 Å². The molecule has 0 aliphatic carbocycles. The molecule has 0 fully saturated rings. The monoisotopic (exact) mass is 142 g/mol. The Morgan fingerprint density at radius 3 is 1.88 bits per heavy atom. The minimum Gasteiger partial charge on any atom is -0.260 e. The van der Waals surface area contributed by atoms with Gasteiger partial charge in [0.15, 0.2) is 0 Å². The lowest BCUT2D eigenvalue weighted by Gasteiger charge is -1.98. The van der Waals surface area contributed by atoms with E-state index in [1.165, 1.54) is 0 Å². The Morgan fingerprint density at radius 2 is 1.62 bits per heavy atom. The van der Waals surface area contributed by atoms with Gasteiger partial charge in [-0.2, -0.15) is 0 Å². The van der Waals surface area contributed by atoms with Crippen LogP contribution in [0.4, 0.5) is 0 Å². The van der Waals surface area contributed by atoms with Crippen LogP contribution in [-0.4, -0.2) is 0 Å². The Kier molecular flexibility index (Phi) is 5.13. The molecule has 0 spiro atoms. The minimum absolute atomic E-state index is 1.66. The number of nitrogens with two attached hydrogens (primary N) is 2. The highest BCUT2D eigenvalue weighted by atomic mass is 31.1. The molecule has 0 unspecified atom stereocenters. The van der Waals surface area contributed by atoms with Crippen molar-refractivity contribution in [2.24, 2.45) is 11.7 Å². The summed E-state index contributed by atoms with van der Waals surface area (Å²) in [5, 5.41) is 0. The predicted octanol–water partition coefficient (Wildman–Crippen LogP) is -1.83. The average Bonchev–Trinajstić information content (AvgIpc) is 1.68. The van der Waals surface area contributed by atoms with Gasteiger partial charge < -0.3 is 0 Å². The molecular formula is H7N4O3P. The second-order valence-electron chi connectivity index (χ2n) is 0.690. The van der Waals surface area contributed by atoms with Gasteiger partial charge in [-0.15, -0.1) is 11.2 Å². The number of rotatable bonds is 4. The quantitative estimate of drug-likeness (QED) is 0.207. The van der Waals surface area contributed by atoms with Crippen LogP contribution in [0.2, 0.25) is 0 Å². The van der Waals surface area contributed by atoms with Crippen molar-refractivity contribution in [1.29, 1.82) is 0 Å². The van der Waals surface area contributed by atoms with Gasteiger partial charge in [0.05, 0.1) is 0 Å². The summed E-state index contributed by atoms with van der Waals surface area (Å²) in [6.07, 6.45) is 0. The van der Waals surface area contributed by atoms with Gasteiger partial charge in [-0.25, -0.2) is 20.9 Å². The van der Waals surface area contributed by atoms with Crippen LogP contribution in [0.25, 0.3) is 0 Å². The van der Waals surface area contributed by atoms with Crippen LogP contribution in [0.1, 0.15) is 0 Å². The fourth-order valence-corrected chi connectivity index (χ4v) is 0.351. The molecule has 0 radical (unpaired) electrons. The molecule has 0 aromatic heterocycles. The molecule has 0 amide bonds. The molecule has 50 valence electrons. The van der Waals surface area contributed by atoms with E-state index in [0.29, 0.717) is 0 Å². The van der Waals surface area contributed by atoms with E-state index in [-0.39, 0.29) is 0 Å². The first kappa shape index (κ1) is 7.99. The van der Waals surface area contributed by atoms with E-state index in [0.717, 1.165) is 0 Å². The third-order valence-corrected chi connectivity index (χ3v) is 0.854. The topological polar surface area (TPSA) is 112 Å². The smallest absolute Gasteiger partial charge is 0.260 e. The summed E-state index contributed by atoms with van der Waals surface area (Å²) >= 11 is 0. The van der Waals surface area contributed by atoms with Gasteiger partial charge in [0.25, 0.3) is 0 Å². The third-order valence-electron chi connectivity index (χ3n) is 0.285. The fourth-order valence-electron chi connectivity index (χ4n) is 0.117. The maximum Gasteiger partial charge on any atom is 0.354 e. The van der Waals surface area contributed by atoms with Gasteiger partial charge in [0.2, 0.25) is 0 Å². The van der Waals surface area contributed by atoms with E-state index in [1.54, 1.807) is 11.2 Å². The number of hydrazine groups is 2. The number of hydrogen-bond donors (Lipinski definition) is 4. The summed E-state index contributed by atoms with van der Waals surface area (Å²) in [6.45, 7) is 0. The summed E-state index contributed by atoms with van der Waals surface area (Å²) in [5.74, 6) is 9.13. The van der Waals surface area contributed by atoms with Crippen molar-refractivity contribution in [2.45, 2.75) is 0 Å². The van der Waals surface area contributed by atoms with Crippen LogP contribution in [-0.2, 0) is 13.8 Å². The molecule has 0 bridgehead atoms. The lowest BCUT2D eigenvalue weighted by molar-refractivity contribution is 0.119. The predicted molar refractivity (Wildman–Crippen MR) is 25.8 cm³/mol. The first-order valence-corrected chi connectivity index (χ1v) is 2.82. The molecule has 7 nitrogen and oxygen atoms in total. The molecule has 0 saturated carbocycles. The van der Waals surface area contributed by atoms with Gasteiger partial charge in [0.1, 0.15) is 0 Å². The van der Waals surface area contributed by atoms with E-state index in [1.807, 2.05) is 0 Å². The highest BCUT2D eigenvalue weighted by Gasteiger charge is 1.92. The molecule has 0 rings (SSSR count). The number of hydrogen-bond acceptors (Lipinski definition) is 7. The maximum atomic E-state index is 10.1. The van der Waals surface area contributed by atoms with Crippen LogP contribution >= 0.6 is 8.25 Å². The zero-order valence-corrected chi connectivity index (χ0v) is 4.88. The zero-order valence-electron chi connectivity index (χ0n) is 3.88. The highest BCUT2D eigenvalue weighted by molar-refractivity contribution is 7.33. The standard InChI is InChI=1S/H7N4O3P/c1-3-6-8(5)7-4-2/h3-4,8H,1-2H2. The van der Waals surface area contributed by atoms with Crippen molar-refractivity contribution >= 4 is 8.25 Å². The molecule has 0 aromatic rings. The van der Waals surface area contributed by atoms with Gasteiger partial charge >= 0.3 is 8.25 Å². The van der Waals surface area contributed by atoms with Gasteiger partial charge in [-0.3, -0.25) is 4.57 Å². The van der Waals surface area contributed by atoms with Gasteiger partial charge in [-0.05, 0) is 0 Å². The Hall–Kier alpha value is -0.0100. The summed E-state index contributed by atoms with van der Waals surface area (Å²) in [4.78, 5) is 0. The van der Waals surface area contributed by atoms with Crippen LogP contribution < -0.4 is 22.9 Å². The molecule has 0 aliphatic rings. The largest absolute Gasteiger partial charge is 0.354 e. The first-order valence-electron chi connectivity index (χ1n) is 1.60. The van der Waals surface area contributed by atoms with E-state index in [4.69, 9.17) is 0 Å². The van der Waals surface area contributed by atoms with E-state index in [9.17, 15) is 4.57 Å². The Bertz CT molecular complexity index is 65.7. The highest BCUT2D eigenvalue weighted by Crippen LogP contribution is 2.17. The van der Waals surface area contributed by atoms with Gasteiger partial charge in [0, 0.05) is 0 Å². The molecule has 0 aromatic carbocycles. The molecule has 0 aliphatic heterocycles. The lowest BCUT2D eigenvalue weighted by Crippen LogP contribution is -2.22. The van der Waals surface area contributed by atoms with Crippen molar-refractivity contribution in [1.82, 2.24) is 11.2 Å². The molecule has 0 heterocycles. The van der Waals surface area contributed by atoms with Crippen molar-refractivity contribution in [3.63, 3.8) is 0 Å². The fraction of sp³-hybridized carbons (Fsp3) is 0. The third kappa shape index (κ3) is 4.16. The Balaban J connectivity index is 3.06. The van der Waals surface area contributed by atoms with E-state index < -0.39 is 8.25 Å². The summed E-state index contributed by atoms with van der Waals surface area (Å²) in [7, 11) is -2.61. The van der Waals surface area contributed by atoms with Crippen LogP contribution in [0, 0.1) is 0 Å². The van der Waals surface area contributed by atoms with Crippen molar-refractivity contribution in [3.05, 3.63) is 0 Å². The van der Waals surface area contributed by atoms with Crippen molar-refractivity contribution < 1.29 is 13.8 Å². The number of nitrogens with one attached hydrogen (secondary N) is 2. The summed E-state index contributed by atoms with van der Waals surface area (Å²) < 4.78 is 18.1. The van der Waals surface area contributed by atoms with Gasteiger partial charge in [-0.1, -0.05) is 0 Å². The Morgan fingerprint density at radius 1 is 1.25 bits per heavy atom. The molecular weight excluding hydrogens is 135 g/mol. The van der Waals surface area contributed by atoms with Crippen molar-refractivity contribution in [3.8, 4) is 0 Å². The second kappa shape index (κ2) is 5.13. The average molecular weight is 142 g/mol. The second-order valence-corrected chi connectivity index (χ2v) is 1.60. The minimum atomic E-state index is -2.61. The molecule has 8 heavy (non-hydrogen) atoms. The van der Waals surface area contributed by atoms with Crippen LogP contribution in [0.5, 0.6) is 0 Å². The van der Waals surface area contributed by atoms with E-state index in [2.05, 4.69) is 20.9 Å². The zero-order chi connectivity index (χ0) is 6.41. The first-order chi connectivity index (χ1) is 3.81. The van der Waals surface area contributed by atoms with Crippen LogP contribution in [0.15, 0.2) is 0 Å². The lowest BCUT2D eigenvalue weighted by atomic mass is 12.8. The van der Waals surface area contributed by atoms with Crippen molar-refractivity contribution in [2.75, 3.05) is 0 Å². The maximum absolute atomic E-state index is 10.1.